The minimum Gasteiger partial charge on any atom is -0.501 e. The van der Waals surface area contributed by atoms with Crippen LogP contribution in [-0.2, 0) is 14.2 Å². The van der Waals surface area contributed by atoms with Crippen LogP contribution < -0.4 is 5.32 Å². The number of pyridine rings is 1. The summed E-state index contributed by atoms with van der Waals surface area (Å²) in [4.78, 5) is 13.6. The fraction of sp³-hybridized carbons (Fsp3) is 0.208. The van der Waals surface area contributed by atoms with Crippen LogP contribution in [-0.4, -0.2) is 42.8 Å². The third kappa shape index (κ3) is 4.35. The van der Waals surface area contributed by atoms with Gasteiger partial charge in [-0.15, -0.1) is 0 Å². The molecular weight excluding hydrogens is 392 g/mol. The van der Waals surface area contributed by atoms with Crippen LogP contribution in [0.3, 0.4) is 0 Å². The van der Waals surface area contributed by atoms with Gasteiger partial charge in [0.25, 0.3) is 0 Å². The molecule has 1 aromatic carbocycles. The van der Waals surface area contributed by atoms with Gasteiger partial charge in [-0.25, -0.2) is 9.97 Å². The van der Waals surface area contributed by atoms with E-state index in [2.05, 4.69) is 10.3 Å². The van der Waals surface area contributed by atoms with E-state index >= 15 is 0 Å². The number of fused-ring (bicyclic) bond motifs is 1. The fourth-order valence-corrected chi connectivity index (χ4v) is 3.45. The van der Waals surface area contributed by atoms with E-state index in [0.29, 0.717) is 24.5 Å². The van der Waals surface area contributed by atoms with Crippen molar-refractivity contribution in [1.29, 1.82) is 0 Å². The van der Waals surface area contributed by atoms with E-state index in [0.717, 1.165) is 39.4 Å². The van der Waals surface area contributed by atoms with Gasteiger partial charge in [-0.1, -0.05) is 12.1 Å². The number of allylic oxidation sites excluding steroid dienone is 2. The molecule has 0 atom stereocenters. The maximum Gasteiger partial charge on any atom is 0.162 e. The molecule has 0 bridgehead atoms. The van der Waals surface area contributed by atoms with Crippen molar-refractivity contribution in [2.45, 2.75) is 6.42 Å². The Labute approximate surface area is 181 Å². The fourth-order valence-electron chi connectivity index (χ4n) is 3.45. The summed E-state index contributed by atoms with van der Waals surface area (Å²) in [7, 11) is 4.94. The van der Waals surface area contributed by atoms with Crippen molar-refractivity contribution in [3.05, 3.63) is 83.8 Å². The number of rotatable bonds is 7. The molecule has 2 heterocycles. The van der Waals surface area contributed by atoms with E-state index in [4.69, 9.17) is 24.2 Å². The van der Waals surface area contributed by atoms with E-state index < -0.39 is 0 Å². The Bertz CT molecular complexity index is 1170. The minimum atomic E-state index is 0.452. The third-order valence-electron chi connectivity index (χ3n) is 5.05. The molecule has 0 saturated carbocycles. The van der Waals surface area contributed by atoms with Crippen molar-refractivity contribution >= 4 is 16.7 Å². The number of aromatic nitrogens is 3. The van der Waals surface area contributed by atoms with Gasteiger partial charge >= 0.3 is 0 Å². The Balaban J connectivity index is 1.74. The molecule has 7 heteroatoms. The number of methoxy groups -OCH3 is 3. The molecule has 0 fully saturated rings. The second-order valence-electron chi connectivity index (χ2n) is 6.84. The SMILES string of the molecule is COC1=CC(OC)=C(CNc2nc(-c3ccncc3)nc3ccccc23)C(OC)=CC1. The molecule has 0 spiro atoms. The summed E-state index contributed by atoms with van der Waals surface area (Å²) in [6, 6.07) is 11.7. The average Bonchev–Trinajstić information content (AvgIpc) is 3.01. The van der Waals surface area contributed by atoms with Crippen LogP contribution in [0.2, 0.25) is 0 Å². The van der Waals surface area contributed by atoms with E-state index in [1.165, 1.54) is 0 Å². The lowest BCUT2D eigenvalue weighted by Gasteiger charge is -2.16. The molecule has 158 valence electrons. The summed E-state index contributed by atoms with van der Waals surface area (Å²) >= 11 is 0. The number of nitrogens with zero attached hydrogens (tertiary/aromatic N) is 3. The van der Waals surface area contributed by atoms with Crippen LogP contribution >= 0.6 is 0 Å². The largest absolute Gasteiger partial charge is 0.501 e. The zero-order valence-corrected chi connectivity index (χ0v) is 17.8. The molecule has 31 heavy (non-hydrogen) atoms. The highest BCUT2D eigenvalue weighted by Gasteiger charge is 2.18. The molecule has 0 unspecified atom stereocenters. The highest BCUT2D eigenvalue weighted by molar-refractivity contribution is 5.90. The molecule has 3 aromatic rings. The van der Waals surface area contributed by atoms with Gasteiger partial charge in [-0.3, -0.25) is 4.98 Å². The number of hydrogen-bond acceptors (Lipinski definition) is 7. The second-order valence-corrected chi connectivity index (χ2v) is 6.84. The lowest BCUT2D eigenvalue weighted by molar-refractivity contribution is 0.269. The van der Waals surface area contributed by atoms with Crippen molar-refractivity contribution in [1.82, 2.24) is 15.0 Å². The average molecular weight is 416 g/mol. The zero-order valence-electron chi connectivity index (χ0n) is 17.8. The molecule has 1 aliphatic carbocycles. The standard InChI is InChI=1S/C24H24N4O3/c1-29-17-8-9-21(30-2)19(22(14-17)31-3)15-26-24-18-6-4-5-7-20(18)27-23(28-24)16-10-12-25-13-11-16/h4-7,9-14H,8,15H2,1-3H3,(H,26,27,28). The minimum absolute atomic E-state index is 0.452. The number of hydrogen-bond donors (Lipinski definition) is 1. The van der Waals surface area contributed by atoms with Crippen molar-refractivity contribution in [3.63, 3.8) is 0 Å². The van der Waals surface area contributed by atoms with Gasteiger partial charge in [-0.2, -0.15) is 0 Å². The van der Waals surface area contributed by atoms with Gasteiger partial charge in [-0.05, 0) is 30.3 Å². The zero-order chi connectivity index (χ0) is 21.6. The van der Waals surface area contributed by atoms with Gasteiger partial charge in [0.2, 0.25) is 0 Å². The lowest BCUT2D eigenvalue weighted by atomic mass is 10.1. The number of ether oxygens (including phenoxy) is 3. The van der Waals surface area contributed by atoms with Crippen molar-refractivity contribution in [2.75, 3.05) is 33.2 Å². The normalized spacial score (nSPS) is 13.9. The third-order valence-corrected chi connectivity index (χ3v) is 5.05. The number of para-hydroxylation sites is 1. The monoisotopic (exact) mass is 416 g/mol. The van der Waals surface area contributed by atoms with E-state index in [1.807, 2.05) is 48.6 Å². The molecule has 7 nitrogen and oxygen atoms in total. The summed E-state index contributed by atoms with van der Waals surface area (Å²) in [6.45, 7) is 0.452. The maximum atomic E-state index is 5.64. The van der Waals surface area contributed by atoms with Crippen LogP contribution in [0.4, 0.5) is 5.82 Å². The summed E-state index contributed by atoms with van der Waals surface area (Å²) in [6.07, 6.45) is 7.96. The molecular formula is C24H24N4O3. The molecule has 1 aliphatic rings. The van der Waals surface area contributed by atoms with E-state index in [9.17, 15) is 0 Å². The van der Waals surface area contributed by atoms with Crippen LogP contribution in [0.1, 0.15) is 6.42 Å². The first-order valence-corrected chi connectivity index (χ1v) is 9.90. The number of anilines is 1. The number of nitrogens with one attached hydrogen (secondary N) is 1. The van der Waals surface area contributed by atoms with Gasteiger partial charge in [0.15, 0.2) is 5.82 Å². The summed E-state index contributed by atoms with van der Waals surface area (Å²) < 4.78 is 16.7. The van der Waals surface area contributed by atoms with Crippen LogP contribution in [0.15, 0.2) is 83.8 Å². The van der Waals surface area contributed by atoms with Crippen LogP contribution in [0, 0.1) is 0 Å². The summed E-state index contributed by atoms with van der Waals surface area (Å²) in [5.41, 5.74) is 2.64. The number of benzene rings is 1. The quantitative estimate of drug-likeness (QED) is 0.609. The maximum absolute atomic E-state index is 5.64. The van der Waals surface area contributed by atoms with E-state index in [-0.39, 0.29) is 0 Å². The van der Waals surface area contributed by atoms with Gasteiger partial charge in [0, 0.05) is 42.4 Å². The first-order valence-electron chi connectivity index (χ1n) is 9.90. The predicted molar refractivity (Wildman–Crippen MR) is 120 cm³/mol. The first-order chi connectivity index (χ1) is 15.2. The summed E-state index contributed by atoms with van der Waals surface area (Å²) in [5.74, 6) is 3.59. The van der Waals surface area contributed by atoms with Crippen molar-refractivity contribution < 1.29 is 14.2 Å². The van der Waals surface area contributed by atoms with Gasteiger partial charge in [0.05, 0.1) is 32.4 Å². The topological polar surface area (TPSA) is 78.4 Å². The summed E-state index contributed by atoms with van der Waals surface area (Å²) in [5, 5.41) is 4.40. The van der Waals surface area contributed by atoms with Gasteiger partial charge < -0.3 is 19.5 Å². The molecule has 2 aromatic heterocycles. The molecule has 4 rings (SSSR count). The van der Waals surface area contributed by atoms with Crippen molar-refractivity contribution in [3.8, 4) is 11.4 Å². The Morgan fingerprint density at radius 3 is 2.48 bits per heavy atom. The highest BCUT2D eigenvalue weighted by atomic mass is 16.5. The van der Waals surface area contributed by atoms with Crippen LogP contribution in [0.25, 0.3) is 22.3 Å². The second kappa shape index (κ2) is 9.30. The van der Waals surface area contributed by atoms with Crippen molar-refractivity contribution in [2.24, 2.45) is 0 Å². The molecule has 0 aliphatic heterocycles. The molecule has 0 amide bonds. The highest BCUT2D eigenvalue weighted by Crippen LogP contribution is 2.28. The van der Waals surface area contributed by atoms with E-state index in [1.54, 1.807) is 33.7 Å². The Morgan fingerprint density at radius 1 is 0.935 bits per heavy atom. The predicted octanol–water partition coefficient (Wildman–Crippen LogP) is 4.47. The smallest absolute Gasteiger partial charge is 0.162 e. The van der Waals surface area contributed by atoms with Gasteiger partial charge in [0.1, 0.15) is 23.1 Å². The molecule has 1 N–H and O–H groups in total. The Kier molecular flexibility index (Phi) is 6.12. The Hall–Kier alpha value is -3.87. The molecule has 0 saturated heterocycles. The first kappa shape index (κ1) is 20.4. The molecule has 0 radical (unpaired) electrons. The lowest BCUT2D eigenvalue weighted by Crippen LogP contribution is -2.12. The Morgan fingerprint density at radius 2 is 1.74 bits per heavy atom. The van der Waals surface area contributed by atoms with Crippen LogP contribution in [0.5, 0.6) is 0 Å².